The Morgan fingerprint density at radius 1 is 0.767 bits per heavy atom. The van der Waals surface area contributed by atoms with Crippen molar-refractivity contribution in [3.05, 3.63) is 77.9 Å². The lowest BCUT2D eigenvalue weighted by Gasteiger charge is -2.26. The van der Waals surface area contributed by atoms with Crippen LogP contribution >= 0.6 is 0 Å². The summed E-state index contributed by atoms with van der Waals surface area (Å²) in [5.74, 6) is 1.94. The fourth-order valence-electron chi connectivity index (χ4n) is 4.86. The SMILES string of the molecule is COc1ccc2c(c1)C(C)(C)c1c-2cc2ccc(OC)cc2c1-c1cccc(O)c1. The fraction of sp³-hybridized carbons (Fsp3) is 0.185. The highest BCUT2D eigenvalue weighted by atomic mass is 16.5. The molecule has 150 valence electrons. The summed E-state index contributed by atoms with van der Waals surface area (Å²) in [4.78, 5) is 0. The lowest BCUT2D eigenvalue weighted by Crippen LogP contribution is -2.16. The number of rotatable bonds is 3. The van der Waals surface area contributed by atoms with Crippen LogP contribution in [0.3, 0.4) is 0 Å². The molecule has 30 heavy (non-hydrogen) atoms. The molecule has 0 amide bonds. The average Bonchev–Trinajstić information content (AvgIpc) is 2.98. The predicted octanol–water partition coefficient (Wildman–Crippen LogP) is 6.54. The minimum absolute atomic E-state index is 0.225. The number of hydrogen-bond donors (Lipinski definition) is 1. The van der Waals surface area contributed by atoms with Gasteiger partial charge in [-0.05, 0) is 86.6 Å². The third kappa shape index (κ3) is 2.58. The van der Waals surface area contributed by atoms with Gasteiger partial charge in [-0.25, -0.2) is 0 Å². The van der Waals surface area contributed by atoms with Gasteiger partial charge < -0.3 is 14.6 Å². The Morgan fingerprint density at radius 3 is 2.23 bits per heavy atom. The summed E-state index contributed by atoms with van der Waals surface area (Å²) >= 11 is 0. The van der Waals surface area contributed by atoms with Crippen molar-refractivity contribution in [2.24, 2.45) is 0 Å². The summed E-state index contributed by atoms with van der Waals surface area (Å²) in [7, 11) is 3.39. The zero-order valence-electron chi connectivity index (χ0n) is 17.6. The third-order valence-electron chi connectivity index (χ3n) is 6.30. The minimum atomic E-state index is -0.225. The molecule has 1 aliphatic carbocycles. The lowest BCUT2D eigenvalue weighted by atomic mass is 9.77. The number of ether oxygens (including phenoxy) is 2. The van der Waals surface area contributed by atoms with Gasteiger partial charge in [0.2, 0.25) is 0 Å². The quantitative estimate of drug-likeness (QED) is 0.427. The van der Waals surface area contributed by atoms with Crippen LogP contribution in [0.1, 0.15) is 25.0 Å². The van der Waals surface area contributed by atoms with Crippen LogP contribution in [0.15, 0.2) is 66.7 Å². The molecule has 3 nitrogen and oxygen atoms in total. The standard InChI is InChI=1S/C27H24O3/c1-27(2)24-15-20(30-4)10-11-21(24)23-13-16-8-9-19(29-3)14-22(16)25(26(23)27)17-6-5-7-18(28)12-17/h5-15,28H,1-4H3. The molecule has 0 heterocycles. The van der Waals surface area contributed by atoms with Gasteiger partial charge in [0.25, 0.3) is 0 Å². The van der Waals surface area contributed by atoms with E-state index in [4.69, 9.17) is 9.47 Å². The Balaban J connectivity index is 1.94. The highest BCUT2D eigenvalue weighted by Gasteiger charge is 2.39. The summed E-state index contributed by atoms with van der Waals surface area (Å²) in [5.41, 5.74) is 6.88. The number of fused-ring (bicyclic) bond motifs is 4. The summed E-state index contributed by atoms with van der Waals surface area (Å²) in [6, 6.07) is 22.3. The monoisotopic (exact) mass is 396 g/mol. The maximum Gasteiger partial charge on any atom is 0.119 e. The second kappa shape index (κ2) is 6.53. The highest BCUT2D eigenvalue weighted by Crippen LogP contribution is 2.55. The average molecular weight is 396 g/mol. The van der Waals surface area contributed by atoms with Crippen molar-refractivity contribution in [3.8, 4) is 39.5 Å². The maximum absolute atomic E-state index is 10.2. The van der Waals surface area contributed by atoms with Crippen LogP contribution in [0, 0.1) is 0 Å². The van der Waals surface area contributed by atoms with Gasteiger partial charge in [0.15, 0.2) is 0 Å². The number of hydrogen-bond acceptors (Lipinski definition) is 3. The second-order valence-electron chi connectivity index (χ2n) is 8.35. The Hall–Kier alpha value is -3.46. The Kier molecular flexibility index (Phi) is 4.04. The molecule has 4 aromatic rings. The molecule has 4 aromatic carbocycles. The van der Waals surface area contributed by atoms with E-state index >= 15 is 0 Å². The zero-order valence-corrected chi connectivity index (χ0v) is 17.6. The molecule has 0 fully saturated rings. The molecule has 3 heteroatoms. The van der Waals surface area contributed by atoms with Crippen LogP contribution in [0.2, 0.25) is 0 Å². The first-order valence-corrected chi connectivity index (χ1v) is 10.1. The van der Waals surface area contributed by atoms with Gasteiger partial charge in [-0.15, -0.1) is 0 Å². The van der Waals surface area contributed by atoms with E-state index in [0.29, 0.717) is 0 Å². The van der Waals surface area contributed by atoms with Crippen LogP contribution in [-0.2, 0) is 5.41 Å². The van der Waals surface area contributed by atoms with Gasteiger partial charge in [0.05, 0.1) is 14.2 Å². The molecule has 0 bridgehead atoms. The van der Waals surface area contributed by atoms with Crippen molar-refractivity contribution in [1.82, 2.24) is 0 Å². The molecular weight excluding hydrogens is 372 g/mol. The molecule has 0 atom stereocenters. The molecule has 0 aliphatic heterocycles. The summed E-state index contributed by atoms with van der Waals surface area (Å²) < 4.78 is 11.1. The van der Waals surface area contributed by atoms with Crippen LogP contribution in [-0.4, -0.2) is 19.3 Å². The van der Waals surface area contributed by atoms with E-state index in [1.54, 1.807) is 20.3 Å². The predicted molar refractivity (Wildman–Crippen MR) is 122 cm³/mol. The van der Waals surface area contributed by atoms with Gasteiger partial charge in [-0.2, -0.15) is 0 Å². The highest BCUT2D eigenvalue weighted by molar-refractivity contribution is 6.06. The molecule has 5 rings (SSSR count). The molecular formula is C27H24O3. The zero-order chi connectivity index (χ0) is 21.0. The molecule has 0 radical (unpaired) electrons. The molecule has 0 saturated carbocycles. The van der Waals surface area contributed by atoms with Crippen molar-refractivity contribution < 1.29 is 14.6 Å². The topological polar surface area (TPSA) is 38.7 Å². The Bertz CT molecular complexity index is 1300. The molecule has 0 unspecified atom stereocenters. The van der Waals surface area contributed by atoms with Crippen molar-refractivity contribution in [1.29, 1.82) is 0 Å². The second-order valence-corrected chi connectivity index (χ2v) is 8.35. The van der Waals surface area contributed by atoms with Crippen LogP contribution < -0.4 is 9.47 Å². The van der Waals surface area contributed by atoms with Crippen molar-refractivity contribution in [2.75, 3.05) is 14.2 Å². The first kappa shape index (κ1) is 18.6. The number of methoxy groups -OCH3 is 2. The molecule has 0 aromatic heterocycles. The number of phenolic OH excluding ortho intramolecular Hbond substituents is 1. The minimum Gasteiger partial charge on any atom is -0.508 e. The number of aromatic hydroxyl groups is 1. The van der Waals surface area contributed by atoms with Crippen molar-refractivity contribution in [3.63, 3.8) is 0 Å². The largest absolute Gasteiger partial charge is 0.508 e. The van der Waals surface area contributed by atoms with Crippen LogP contribution in [0.4, 0.5) is 0 Å². The lowest BCUT2D eigenvalue weighted by molar-refractivity contribution is 0.413. The smallest absolute Gasteiger partial charge is 0.119 e. The van der Waals surface area contributed by atoms with E-state index in [1.807, 2.05) is 24.3 Å². The summed E-state index contributed by atoms with van der Waals surface area (Å²) in [6.07, 6.45) is 0. The third-order valence-corrected chi connectivity index (χ3v) is 6.30. The van der Waals surface area contributed by atoms with Crippen LogP contribution in [0.5, 0.6) is 17.2 Å². The number of benzene rings is 4. The normalized spacial score (nSPS) is 13.7. The van der Waals surface area contributed by atoms with E-state index in [-0.39, 0.29) is 11.2 Å². The Labute approximate surface area is 176 Å². The van der Waals surface area contributed by atoms with Gasteiger partial charge in [0, 0.05) is 5.41 Å². The van der Waals surface area contributed by atoms with E-state index in [1.165, 1.54) is 22.3 Å². The van der Waals surface area contributed by atoms with Gasteiger partial charge in [0.1, 0.15) is 17.2 Å². The maximum atomic E-state index is 10.2. The van der Waals surface area contributed by atoms with Gasteiger partial charge >= 0.3 is 0 Å². The fourth-order valence-corrected chi connectivity index (χ4v) is 4.86. The van der Waals surface area contributed by atoms with Crippen molar-refractivity contribution >= 4 is 10.8 Å². The van der Waals surface area contributed by atoms with E-state index < -0.39 is 0 Å². The Morgan fingerprint density at radius 2 is 1.50 bits per heavy atom. The van der Waals surface area contributed by atoms with E-state index in [9.17, 15) is 5.11 Å². The summed E-state index contributed by atoms with van der Waals surface area (Å²) in [5, 5.41) is 12.5. The van der Waals surface area contributed by atoms with E-state index in [0.717, 1.165) is 33.4 Å². The molecule has 0 saturated heterocycles. The van der Waals surface area contributed by atoms with Gasteiger partial charge in [-0.3, -0.25) is 0 Å². The first-order valence-electron chi connectivity index (χ1n) is 10.1. The van der Waals surface area contributed by atoms with Crippen LogP contribution in [0.25, 0.3) is 33.0 Å². The molecule has 1 N–H and O–H groups in total. The van der Waals surface area contributed by atoms with Gasteiger partial charge in [-0.1, -0.05) is 38.1 Å². The number of phenols is 1. The van der Waals surface area contributed by atoms with Crippen molar-refractivity contribution in [2.45, 2.75) is 19.3 Å². The first-order chi connectivity index (χ1) is 14.4. The summed E-state index contributed by atoms with van der Waals surface area (Å²) in [6.45, 7) is 4.52. The van der Waals surface area contributed by atoms with E-state index in [2.05, 4.69) is 50.2 Å². The molecule has 1 aliphatic rings. The molecule has 0 spiro atoms.